The number of halogens is 3. The predicted molar refractivity (Wildman–Crippen MR) is 68.1 cm³/mol. The number of carbonyl (C=O) groups excluding carboxylic acids is 1. The van der Waals surface area contributed by atoms with Crippen molar-refractivity contribution in [3.63, 3.8) is 0 Å². The second-order valence-corrected chi connectivity index (χ2v) is 4.93. The van der Waals surface area contributed by atoms with E-state index >= 15 is 0 Å². The van der Waals surface area contributed by atoms with E-state index < -0.39 is 30.2 Å². The van der Waals surface area contributed by atoms with Crippen molar-refractivity contribution in [1.29, 1.82) is 0 Å². The third-order valence-electron chi connectivity index (χ3n) is 2.56. The normalized spacial score (nSPS) is 11.4. The average molecular weight is 334 g/mol. The fraction of sp³-hybridized carbons (Fsp3) is 0.273. The highest BCUT2D eigenvalue weighted by atomic mass is 32.1. The molecule has 11 heteroatoms. The smallest absolute Gasteiger partial charge is 0.417 e. The van der Waals surface area contributed by atoms with Crippen LogP contribution in [0.3, 0.4) is 0 Å². The van der Waals surface area contributed by atoms with E-state index in [-0.39, 0.29) is 17.8 Å². The molecule has 2 rings (SSSR count). The lowest BCUT2D eigenvalue weighted by molar-refractivity contribution is -0.138. The van der Waals surface area contributed by atoms with E-state index in [4.69, 9.17) is 5.11 Å². The molecular weight excluding hydrogens is 325 g/mol. The summed E-state index contributed by atoms with van der Waals surface area (Å²) in [5, 5.41) is 20.0. The van der Waals surface area contributed by atoms with Gasteiger partial charge in [-0.1, -0.05) is 5.21 Å². The number of nitrogens with one attached hydrogen (secondary N) is 1. The predicted octanol–water partition coefficient (Wildman–Crippen LogP) is 1.37. The van der Waals surface area contributed by atoms with Crippen molar-refractivity contribution in [3.8, 4) is 0 Å². The van der Waals surface area contributed by atoms with Gasteiger partial charge in [-0.2, -0.15) is 24.5 Å². The number of hydrogen-bond acceptors (Lipinski definition) is 5. The fourth-order valence-electron chi connectivity index (χ4n) is 1.59. The lowest BCUT2D eigenvalue weighted by Crippen LogP contribution is -2.24. The third kappa shape index (κ3) is 3.81. The zero-order valence-electron chi connectivity index (χ0n) is 10.8. The molecule has 2 aromatic rings. The Morgan fingerprint density at radius 1 is 1.36 bits per heavy atom. The summed E-state index contributed by atoms with van der Waals surface area (Å²) in [4.78, 5) is 22.2. The first-order chi connectivity index (χ1) is 10.3. The molecule has 0 saturated carbocycles. The van der Waals surface area contributed by atoms with Gasteiger partial charge in [0.2, 0.25) is 0 Å². The van der Waals surface area contributed by atoms with Gasteiger partial charge >= 0.3 is 12.1 Å². The van der Waals surface area contributed by atoms with E-state index in [1.807, 2.05) is 0 Å². The second kappa shape index (κ2) is 6.13. The van der Waals surface area contributed by atoms with Crippen molar-refractivity contribution in [2.45, 2.75) is 19.3 Å². The lowest BCUT2D eigenvalue weighted by Gasteiger charge is -2.08. The number of nitrogens with zero attached hydrogens (tertiary/aromatic N) is 3. The number of aliphatic carboxylic acids is 1. The Bertz CT molecular complexity index is 695. The summed E-state index contributed by atoms with van der Waals surface area (Å²) in [5.41, 5.74) is -1.03. The van der Waals surface area contributed by atoms with E-state index in [0.29, 0.717) is 0 Å². The molecule has 0 aliphatic carbocycles. The number of rotatable bonds is 5. The number of amides is 1. The van der Waals surface area contributed by atoms with Gasteiger partial charge in [0.25, 0.3) is 5.91 Å². The number of carboxylic acid groups (broad SMARTS) is 1. The minimum Gasteiger partial charge on any atom is -0.480 e. The standard InChI is InChI=1S/C11H9F3N4O3S/c12-11(13,14)7-5-22-4-6(7)1-15-10(21)8-2-18(17-16-8)3-9(19)20/h2,4-5H,1,3H2,(H,15,21)(H,19,20). The molecule has 0 aliphatic rings. The zero-order chi connectivity index (χ0) is 16.3. The second-order valence-electron chi connectivity index (χ2n) is 4.19. The molecule has 2 aromatic heterocycles. The third-order valence-corrected chi connectivity index (χ3v) is 3.35. The van der Waals surface area contributed by atoms with Gasteiger partial charge in [0.05, 0.1) is 11.8 Å². The molecular formula is C11H9F3N4O3S. The van der Waals surface area contributed by atoms with Gasteiger partial charge in [-0.25, -0.2) is 4.68 Å². The molecule has 0 bridgehead atoms. The molecule has 0 atom stereocenters. The van der Waals surface area contributed by atoms with E-state index in [0.717, 1.165) is 27.6 Å². The molecule has 7 nitrogen and oxygen atoms in total. The monoisotopic (exact) mass is 334 g/mol. The largest absolute Gasteiger partial charge is 0.480 e. The Morgan fingerprint density at radius 2 is 2.09 bits per heavy atom. The topological polar surface area (TPSA) is 97.1 Å². The van der Waals surface area contributed by atoms with Crippen LogP contribution < -0.4 is 5.32 Å². The van der Waals surface area contributed by atoms with Crippen LogP contribution in [-0.2, 0) is 24.1 Å². The van der Waals surface area contributed by atoms with Crippen LogP contribution in [0.5, 0.6) is 0 Å². The van der Waals surface area contributed by atoms with Crippen molar-refractivity contribution in [2.75, 3.05) is 0 Å². The van der Waals surface area contributed by atoms with Crippen LogP contribution in [0.1, 0.15) is 21.6 Å². The molecule has 0 spiro atoms. The summed E-state index contributed by atoms with van der Waals surface area (Å²) in [6, 6.07) is 0. The molecule has 118 valence electrons. The fourth-order valence-corrected chi connectivity index (χ4v) is 2.46. The van der Waals surface area contributed by atoms with Crippen LogP contribution in [0.2, 0.25) is 0 Å². The number of carbonyl (C=O) groups is 2. The molecule has 22 heavy (non-hydrogen) atoms. The first-order valence-electron chi connectivity index (χ1n) is 5.79. The lowest BCUT2D eigenvalue weighted by atomic mass is 10.2. The maximum absolute atomic E-state index is 12.7. The Hall–Kier alpha value is -2.43. The Balaban J connectivity index is 2.00. The van der Waals surface area contributed by atoms with Gasteiger partial charge in [-0.3, -0.25) is 9.59 Å². The van der Waals surface area contributed by atoms with Crippen LogP contribution in [-0.4, -0.2) is 32.0 Å². The van der Waals surface area contributed by atoms with Crippen molar-refractivity contribution in [1.82, 2.24) is 20.3 Å². The van der Waals surface area contributed by atoms with Crippen molar-refractivity contribution in [3.05, 3.63) is 33.8 Å². The maximum atomic E-state index is 12.7. The Morgan fingerprint density at radius 3 is 2.73 bits per heavy atom. The highest BCUT2D eigenvalue weighted by Crippen LogP contribution is 2.34. The first-order valence-corrected chi connectivity index (χ1v) is 6.74. The van der Waals surface area contributed by atoms with Gasteiger partial charge in [0.1, 0.15) is 6.54 Å². The van der Waals surface area contributed by atoms with E-state index in [9.17, 15) is 22.8 Å². The van der Waals surface area contributed by atoms with Crippen molar-refractivity contribution in [2.24, 2.45) is 0 Å². The molecule has 2 N–H and O–H groups in total. The highest BCUT2D eigenvalue weighted by Gasteiger charge is 2.34. The quantitative estimate of drug-likeness (QED) is 0.861. The number of aromatic nitrogens is 3. The van der Waals surface area contributed by atoms with Gasteiger partial charge < -0.3 is 10.4 Å². The maximum Gasteiger partial charge on any atom is 0.417 e. The molecule has 0 unspecified atom stereocenters. The number of carboxylic acids is 1. The SMILES string of the molecule is O=C(O)Cn1cc(C(=O)NCc2cscc2C(F)(F)F)nn1. The summed E-state index contributed by atoms with van der Waals surface area (Å²) in [5.74, 6) is -1.90. The summed E-state index contributed by atoms with van der Waals surface area (Å²) in [6.07, 6.45) is -3.38. The Labute approximate surface area is 125 Å². The molecule has 0 aliphatic heterocycles. The van der Waals surface area contributed by atoms with Crippen molar-refractivity contribution < 1.29 is 27.9 Å². The van der Waals surface area contributed by atoms with Gasteiger partial charge in [-0.05, 0) is 10.9 Å². The summed E-state index contributed by atoms with van der Waals surface area (Å²) in [7, 11) is 0. The van der Waals surface area contributed by atoms with Crippen LogP contribution in [0.4, 0.5) is 13.2 Å². The van der Waals surface area contributed by atoms with E-state index in [2.05, 4.69) is 15.6 Å². The summed E-state index contributed by atoms with van der Waals surface area (Å²) < 4.78 is 38.9. The Kier molecular flexibility index (Phi) is 4.45. The minimum absolute atomic E-state index is 0.0521. The van der Waals surface area contributed by atoms with Gasteiger partial charge in [0.15, 0.2) is 5.69 Å². The average Bonchev–Trinajstić information content (AvgIpc) is 3.02. The van der Waals surface area contributed by atoms with Crippen molar-refractivity contribution >= 4 is 23.2 Å². The minimum atomic E-state index is -4.48. The molecule has 0 fully saturated rings. The molecule has 2 heterocycles. The number of alkyl halides is 3. The van der Waals surface area contributed by atoms with Crippen LogP contribution >= 0.6 is 11.3 Å². The molecule has 0 saturated heterocycles. The first kappa shape index (κ1) is 15.9. The van der Waals surface area contributed by atoms with Gasteiger partial charge in [-0.15, -0.1) is 5.10 Å². The molecule has 0 aromatic carbocycles. The molecule has 1 amide bonds. The van der Waals surface area contributed by atoms with E-state index in [1.54, 1.807) is 0 Å². The highest BCUT2D eigenvalue weighted by molar-refractivity contribution is 7.08. The van der Waals surface area contributed by atoms with E-state index in [1.165, 1.54) is 5.38 Å². The van der Waals surface area contributed by atoms with Gasteiger partial charge in [0, 0.05) is 11.9 Å². The van der Waals surface area contributed by atoms with Crippen LogP contribution in [0.25, 0.3) is 0 Å². The van der Waals surface area contributed by atoms with Crippen LogP contribution in [0.15, 0.2) is 17.0 Å². The van der Waals surface area contributed by atoms with Crippen LogP contribution in [0, 0.1) is 0 Å². The number of thiophene rings is 1. The zero-order valence-corrected chi connectivity index (χ0v) is 11.6. The summed E-state index contributed by atoms with van der Waals surface area (Å²) in [6.45, 7) is -0.786. The summed E-state index contributed by atoms with van der Waals surface area (Å²) >= 11 is 0.883. The number of hydrogen-bond donors (Lipinski definition) is 2. The molecule has 0 radical (unpaired) electrons.